The van der Waals surface area contributed by atoms with E-state index in [-0.39, 0.29) is 11.9 Å². The van der Waals surface area contributed by atoms with Gasteiger partial charge in [0.25, 0.3) is 0 Å². The van der Waals surface area contributed by atoms with Crippen LogP contribution >= 0.6 is 11.3 Å². The van der Waals surface area contributed by atoms with Crippen LogP contribution in [0.25, 0.3) is 5.65 Å². The molecule has 4 heterocycles. The highest BCUT2D eigenvalue weighted by Gasteiger charge is 2.28. The lowest BCUT2D eigenvalue weighted by Gasteiger charge is -2.38. The first kappa shape index (κ1) is 20.8. The van der Waals surface area contributed by atoms with Gasteiger partial charge in [-0.05, 0) is 30.5 Å². The van der Waals surface area contributed by atoms with Crippen molar-refractivity contribution in [3.8, 4) is 0 Å². The maximum atomic E-state index is 13.1. The van der Waals surface area contributed by atoms with Crippen molar-refractivity contribution in [2.75, 3.05) is 32.7 Å². The van der Waals surface area contributed by atoms with Gasteiger partial charge in [0.15, 0.2) is 0 Å². The van der Waals surface area contributed by atoms with E-state index >= 15 is 0 Å². The summed E-state index contributed by atoms with van der Waals surface area (Å²) in [7, 11) is 0. The molecule has 1 atom stereocenters. The van der Waals surface area contributed by atoms with Crippen molar-refractivity contribution in [2.45, 2.75) is 26.1 Å². The summed E-state index contributed by atoms with van der Waals surface area (Å²) in [4.78, 5) is 25.7. The molecule has 3 aromatic rings. The lowest BCUT2D eigenvalue weighted by atomic mass is 10.2. The summed E-state index contributed by atoms with van der Waals surface area (Å²) < 4.78 is 2.06. The number of carbonyl (C=O) groups is 1. The molecule has 30 heavy (non-hydrogen) atoms. The molecule has 1 unspecified atom stereocenters. The third-order valence-corrected chi connectivity index (χ3v) is 6.56. The van der Waals surface area contributed by atoms with Crippen LogP contribution in [0, 0.1) is 0 Å². The number of hydrogen-bond acceptors (Lipinski definition) is 5. The van der Waals surface area contributed by atoms with E-state index in [4.69, 9.17) is 4.98 Å². The first-order valence-electron chi connectivity index (χ1n) is 10.4. The average molecular weight is 424 g/mol. The van der Waals surface area contributed by atoms with E-state index in [2.05, 4.69) is 38.4 Å². The second-order valence-corrected chi connectivity index (χ2v) is 8.81. The standard InChI is InChI=1S/C23H29N5OS/c1-3-9-28(18-21-7-6-15-30-21)23(29)19(2)26-13-11-25(12-14-26)16-20-17-27-10-5-4-8-22(27)24-20/h3-8,10,15,17,19H,1,9,11-14,16,18H2,2H3. The molecule has 0 saturated carbocycles. The predicted octanol–water partition coefficient (Wildman–Crippen LogP) is 3.12. The summed E-state index contributed by atoms with van der Waals surface area (Å²) >= 11 is 1.69. The first-order valence-corrected chi connectivity index (χ1v) is 11.3. The highest BCUT2D eigenvalue weighted by Crippen LogP contribution is 2.16. The molecule has 1 aliphatic heterocycles. The monoisotopic (exact) mass is 423 g/mol. The van der Waals surface area contributed by atoms with Crippen molar-refractivity contribution in [1.82, 2.24) is 24.1 Å². The minimum absolute atomic E-state index is 0.123. The summed E-state index contributed by atoms with van der Waals surface area (Å²) in [5.74, 6) is 0.178. The molecule has 0 radical (unpaired) electrons. The van der Waals surface area contributed by atoms with E-state index in [1.165, 1.54) is 4.88 Å². The van der Waals surface area contributed by atoms with Crippen LogP contribution in [0.2, 0.25) is 0 Å². The van der Waals surface area contributed by atoms with Crippen LogP contribution in [0.15, 0.2) is 60.8 Å². The average Bonchev–Trinajstić information content (AvgIpc) is 3.42. The zero-order chi connectivity index (χ0) is 20.9. The van der Waals surface area contributed by atoms with Crippen LogP contribution < -0.4 is 0 Å². The number of carbonyl (C=O) groups excluding carboxylic acids is 1. The van der Waals surface area contributed by atoms with Gasteiger partial charge >= 0.3 is 0 Å². The molecule has 0 aliphatic carbocycles. The van der Waals surface area contributed by atoms with E-state index in [9.17, 15) is 4.79 Å². The smallest absolute Gasteiger partial charge is 0.240 e. The Bertz CT molecular complexity index is 942. The number of amides is 1. The Morgan fingerprint density at radius 2 is 2.10 bits per heavy atom. The number of hydrogen-bond donors (Lipinski definition) is 0. The molecule has 1 aliphatic rings. The number of nitrogens with zero attached hydrogens (tertiary/aromatic N) is 5. The molecule has 6 nitrogen and oxygen atoms in total. The van der Waals surface area contributed by atoms with Gasteiger partial charge in [0, 0.05) is 56.5 Å². The van der Waals surface area contributed by atoms with Crippen molar-refractivity contribution >= 4 is 22.9 Å². The fraction of sp³-hybridized carbons (Fsp3) is 0.391. The zero-order valence-corrected chi connectivity index (χ0v) is 18.3. The molecular formula is C23H29N5OS. The largest absolute Gasteiger partial charge is 0.332 e. The van der Waals surface area contributed by atoms with Gasteiger partial charge in [-0.2, -0.15) is 0 Å². The number of imidazole rings is 1. The van der Waals surface area contributed by atoms with Gasteiger partial charge < -0.3 is 9.30 Å². The Balaban J connectivity index is 1.31. The van der Waals surface area contributed by atoms with Gasteiger partial charge in [0.2, 0.25) is 5.91 Å². The second-order valence-electron chi connectivity index (χ2n) is 7.77. The van der Waals surface area contributed by atoms with E-state index in [1.54, 1.807) is 11.3 Å². The van der Waals surface area contributed by atoms with Gasteiger partial charge in [0.1, 0.15) is 5.65 Å². The van der Waals surface area contributed by atoms with Crippen molar-refractivity contribution in [2.24, 2.45) is 0 Å². The Morgan fingerprint density at radius 1 is 1.27 bits per heavy atom. The van der Waals surface area contributed by atoms with Crippen LogP contribution in [-0.2, 0) is 17.9 Å². The van der Waals surface area contributed by atoms with Crippen LogP contribution in [-0.4, -0.2) is 68.8 Å². The van der Waals surface area contributed by atoms with Gasteiger partial charge in [0.05, 0.1) is 18.3 Å². The Hall–Kier alpha value is -2.48. The Kier molecular flexibility index (Phi) is 6.62. The number of piperazine rings is 1. The summed E-state index contributed by atoms with van der Waals surface area (Å²) in [6, 6.07) is 10.0. The molecule has 1 saturated heterocycles. The lowest BCUT2D eigenvalue weighted by Crippen LogP contribution is -2.54. The number of aromatic nitrogens is 2. The van der Waals surface area contributed by atoms with Gasteiger partial charge in [-0.25, -0.2) is 4.98 Å². The molecule has 1 fully saturated rings. The quantitative estimate of drug-likeness (QED) is 0.522. The molecule has 4 rings (SSSR count). The summed E-state index contributed by atoms with van der Waals surface area (Å²) in [5.41, 5.74) is 2.07. The number of thiophene rings is 1. The van der Waals surface area contributed by atoms with Crippen molar-refractivity contribution in [3.63, 3.8) is 0 Å². The van der Waals surface area contributed by atoms with E-state index in [1.807, 2.05) is 48.4 Å². The highest BCUT2D eigenvalue weighted by molar-refractivity contribution is 7.09. The molecule has 7 heteroatoms. The fourth-order valence-electron chi connectivity index (χ4n) is 4.00. The Labute approximate surface area is 182 Å². The SMILES string of the molecule is C=CCN(Cc1cccs1)C(=O)C(C)N1CCN(Cc2cn3ccccc3n2)CC1. The van der Waals surface area contributed by atoms with Gasteiger partial charge in [-0.15, -0.1) is 17.9 Å². The normalized spacial score (nSPS) is 16.6. The zero-order valence-electron chi connectivity index (χ0n) is 17.5. The molecule has 0 N–H and O–H groups in total. The van der Waals surface area contributed by atoms with E-state index in [0.717, 1.165) is 44.1 Å². The lowest BCUT2D eigenvalue weighted by molar-refractivity contribution is -0.137. The highest BCUT2D eigenvalue weighted by atomic mass is 32.1. The minimum atomic E-state index is -0.123. The van der Waals surface area contributed by atoms with Crippen LogP contribution in [0.3, 0.4) is 0 Å². The van der Waals surface area contributed by atoms with Crippen LogP contribution in [0.4, 0.5) is 0 Å². The van der Waals surface area contributed by atoms with Crippen molar-refractivity contribution in [3.05, 3.63) is 71.3 Å². The Morgan fingerprint density at radius 3 is 2.80 bits per heavy atom. The fourth-order valence-corrected chi connectivity index (χ4v) is 4.72. The van der Waals surface area contributed by atoms with Gasteiger partial charge in [-0.1, -0.05) is 18.2 Å². The maximum absolute atomic E-state index is 13.1. The van der Waals surface area contributed by atoms with Crippen LogP contribution in [0.1, 0.15) is 17.5 Å². The van der Waals surface area contributed by atoms with Crippen LogP contribution in [0.5, 0.6) is 0 Å². The van der Waals surface area contributed by atoms with Crippen molar-refractivity contribution in [1.29, 1.82) is 0 Å². The third kappa shape index (κ3) is 4.80. The summed E-state index contributed by atoms with van der Waals surface area (Å²) in [6.07, 6.45) is 5.94. The predicted molar refractivity (Wildman–Crippen MR) is 121 cm³/mol. The topological polar surface area (TPSA) is 44.1 Å². The maximum Gasteiger partial charge on any atom is 0.240 e. The molecule has 0 spiro atoms. The van der Waals surface area contributed by atoms with Gasteiger partial charge in [-0.3, -0.25) is 14.6 Å². The van der Waals surface area contributed by atoms with E-state index < -0.39 is 0 Å². The number of pyridine rings is 1. The molecule has 0 aromatic carbocycles. The minimum Gasteiger partial charge on any atom is -0.332 e. The molecule has 1 amide bonds. The van der Waals surface area contributed by atoms with E-state index in [0.29, 0.717) is 13.1 Å². The molecular weight excluding hydrogens is 394 g/mol. The molecule has 3 aromatic heterocycles. The molecule has 0 bridgehead atoms. The third-order valence-electron chi connectivity index (χ3n) is 5.70. The summed E-state index contributed by atoms with van der Waals surface area (Å²) in [5, 5.41) is 2.05. The number of rotatable bonds is 8. The first-order chi connectivity index (χ1) is 14.6. The molecule has 158 valence electrons. The van der Waals surface area contributed by atoms with Crippen molar-refractivity contribution < 1.29 is 4.79 Å². The number of fused-ring (bicyclic) bond motifs is 1. The second kappa shape index (κ2) is 9.55. The summed E-state index contributed by atoms with van der Waals surface area (Å²) in [6.45, 7) is 11.6.